The molecule has 0 aliphatic carbocycles. The molecule has 25 heavy (non-hydrogen) atoms. The molecule has 2 heterocycles. The molecule has 4 nitrogen and oxygen atoms in total. The topological polar surface area (TPSA) is 57.0 Å². The van der Waals surface area contributed by atoms with E-state index in [4.69, 9.17) is 0 Å². The zero-order chi connectivity index (χ0) is 18.1. The van der Waals surface area contributed by atoms with Crippen molar-refractivity contribution in [3.8, 4) is 6.07 Å². The molecule has 3 rings (SSSR count). The number of carbonyl (C=O) groups is 1. The quantitative estimate of drug-likeness (QED) is 0.786. The van der Waals surface area contributed by atoms with Gasteiger partial charge in [-0.1, -0.05) is 30.0 Å². The van der Waals surface area contributed by atoms with Gasteiger partial charge in [-0.15, -0.1) is 0 Å². The molecule has 1 aromatic carbocycles. The van der Waals surface area contributed by atoms with Gasteiger partial charge in [0.2, 0.25) is 5.91 Å². The van der Waals surface area contributed by atoms with Crippen LogP contribution in [0.5, 0.6) is 0 Å². The van der Waals surface area contributed by atoms with Gasteiger partial charge in [0.15, 0.2) is 0 Å². The summed E-state index contributed by atoms with van der Waals surface area (Å²) in [5.41, 5.74) is 5.69. The number of anilines is 1. The summed E-state index contributed by atoms with van der Waals surface area (Å²) in [6.45, 7) is 8.46. The van der Waals surface area contributed by atoms with E-state index < -0.39 is 0 Å². The molecule has 1 aromatic heterocycles. The molecule has 1 aliphatic heterocycles. The highest BCUT2D eigenvalue weighted by Crippen LogP contribution is 2.33. The van der Waals surface area contributed by atoms with Gasteiger partial charge in [-0.3, -0.25) is 4.79 Å². The SMILES string of the molecule is Cc1nc(SC(C)C(=O)N2CCc3ccccc32)c(C#N)c(C)c1C. The van der Waals surface area contributed by atoms with Crippen LogP contribution in [0.15, 0.2) is 29.3 Å². The van der Waals surface area contributed by atoms with Gasteiger partial charge in [0.05, 0.1) is 10.8 Å². The molecule has 0 bridgehead atoms. The molecule has 128 valence electrons. The molecule has 1 aliphatic rings. The molecule has 0 saturated heterocycles. The van der Waals surface area contributed by atoms with Crippen LogP contribution in [0, 0.1) is 32.1 Å². The van der Waals surface area contributed by atoms with Crippen molar-refractivity contribution in [3.05, 3.63) is 52.2 Å². The third kappa shape index (κ3) is 3.14. The van der Waals surface area contributed by atoms with Crippen molar-refractivity contribution in [1.82, 2.24) is 4.98 Å². The molecule has 0 N–H and O–H groups in total. The number of aromatic nitrogens is 1. The first-order valence-corrected chi connectivity index (χ1v) is 9.25. The van der Waals surface area contributed by atoms with Crippen LogP contribution in [0.4, 0.5) is 5.69 Å². The van der Waals surface area contributed by atoms with Gasteiger partial charge in [-0.05, 0) is 56.9 Å². The van der Waals surface area contributed by atoms with Crippen LogP contribution in [0.3, 0.4) is 0 Å². The highest BCUT2D eigenvalue weighted by atomic mass is 32.2. The van der Waals surface area contributed by atoms with Crippen LogP contribution < -0.4 is 4.90 Å². The van der Waals surface area contributed by atoms with Gasteiger partial charge in [0.1, 0.15) is 11.1 Å². The second-order valence-electron chi connectivity index (χ2n) is 6.37. The Morgan fingerprint density at radius 3 is 2.72 bits per heavy atom. The lowest BCUT2D eigenvalue weighted by atomic mass is 10.1. The second kappa shape index (κ2) is 6.89. The first-order chi connectivity index (χ1) is 11.9. The van der Waals surface area contributed by atoms with Crippen LogP contribution in [0.2, 0.25) is 0 Å². The molecule has 2 aromatic rings. The molecule has 0 saturated carbocycles. The number of rotatable bonds is 3. The van der Waals surface area contributed by atoms with E-state index in [1.807, 2.05) is 50.8 Å². The molecule has 0 radical (unpaired) electrons. The average molecular weight is 351 g/mol. The number of benzene rings is 1. The smallest absolute Gasteiger partial charge is 0.240 e. The number of nitriles is 1. The Labute approximate surface area is 152 Å². The van der Waals surface area contributed by atoms with E-state index in [-0.39, 0.29) is 11.2 Å². The van der Waals surface area contributed by atoms with E-state index in [2.05, 4.69) is 17.1 Å². The third-order valence-corrected chi connectivity index (χ3v) is 5.94. The number of thioether (sulfide) groups is 1. The van der Waals surface area contributed by atoms with Crippen molar-refractivity contribution in [1.29, 1.82) is 5.26 Å². The summed E-state index contributed by atoms with van der Waals surface area (Å²) < 4.78 is 0. The normalized spacial score (nSPS) is 14.1. The lowest BCUT2D eigenvalue weighted by molar-refractivity contribution is -0.117. The van der Waals surface area contributed by atoms with E-state index >= 15 is 0 Å². The van der Waals surface area contributed by atoms with Gasteiger partial charge in [0, 0.05) is 17.9 Å². The Balaban J connectivity index is 1.85. The molecule has 5 heteroatoms. The second-order valence-corrected chi connectivity index (χ2v) is 7.70. The lowest BCUT2D eigenvalue weighted by Crippen LogP contribution is -2.35. The van der Waals surface area contributed by atoms with Crippen molar-refractivity contribution in [2.75, 3.05) is 11.4 Å². The van der Waals surface area contributed by atoms with Crippen molar-refractivity contribution in [3.63, 3.8) is 0 Å². The maximum atomic E-state index is 12.9. The zero-order valence-corrected chi connectivity index (χ0v) is 15.8. The standard InChI is InChI=1S/C20H21N3OS/c1-12-13(2)17(11-21)19(22-14(12)3)25-15(4)20(24)23-10-9-16-7-5-6-8-18(16)23/h5-8,15H,9-10H2,1-4H3. The minimum atomic E-state index is -0.299. The zero-order valence-electron chi connectivity index (χ0n) is 15.0. The summed E-state index contributed by atoms with van der Waals surface area (Å²) in [5.74, 6) is 0.0662. The fraction of sp³-hybridized carbons (Fsp3) is 0.350. The summed E-state index contributed by atoms with van der Waals surface area (Å²) in [7, 11) is 0. The number of carbonyl (C=O) groups excluding carboxylic acids is 1. The highest BCUT2D eigenvalue weighted by molar-refractivity contribution is 8.00. The number of hydrogen-bond acceptors (Lipinski definition) is 4. The van der Waals surface area contributed by atoms with Crippen molar-refractivity contribution in [2.45, 2.75) is 44.4 Å². The largest absolute Gasteiger partial charge is 0.311 e. The summed E-state index contributed by atoms with van der Waals surface area (Å²) in [6, 6.07) is 10.3. The fourth-order valence-corrected chi connectivity index (χ4v) is 4.20. The minimum absolute atomic E-state index is 0.0662. The Hall–Kier alpha value is -2.32. The number of aryl methyl sites for hydroxylation is 1. The van der Waals surface area contributed by atoms with E-state index in [0.717, 1.165) is 28.9 Å². The first-order valence-electron chi connectivity index (χ1n) is 8.38. The summed E-state index contributed by atoms with van der Waals surface area (Å²) >= 11 is 1.38. The number of fused-ring (bicyclic) bond motifs is 1. The summed E-state index contributed by atoms with van der Waals surface area (Å²) in [6.07, 6.45) is 0.893. The van der Waals surface area contributed by atoms with E-state index in [1.54, 1.807) is 0 Å². The van der Waals surface area contributed by atoms with Gasteiger partial charge < -0.3 is 4.90 Å². The molecular formula is C20H21N3OS. The van der Waals surface area contributed by atoms with E-state index in [0.29, 0.717) is 17.1 Å². The summed E-state index contributed by atoms with van der Waals surface area (Å²) in [4.78, 5) is 19.4. The molecular weight excluding hydrogens is 330 g/mol. The summed E-state index contributed by atoms with van der Waals surface area (Å²) in [5, 5.41) is 9.86. The van der Waals surface area contributed by atoms with E-state index in [1.165, 1.54) is 17.3 Å². The van der Waals surface area contributed by atoms with Crippen LogP contribution in [-0.4, -0.2) is 22.7 Å². The Bertz CT molecular complexity index is 885. The maximum Gasteiger partial charge on any atom is 0.240 e. The van der Waals surface area contributed by atoms with Gasteiger partial charge in [-0.25, -0.2) is 4.98 Å². The first kappa shape index (κ1) is 17.5. The van der Waals surface area contributed by atoms with Crippen molar-refractivity contribution >= 4 is 23.4 Å². The van der Waals surface area contributed by atoms with Gasteiger partial charge in [-0.2, -0.15) is 5.26 Å². The van der Waals surface area contributed by atoms with Gasteiger partial charge in [0.25, 0.3) is 0 Å². The Morgan fingerprint density at radius 2 is 2.00 bits per heavy atom. The number of pyridine rings is 1. The van der Waals surface area contributed by atoms with Crippen molar-refractivity contribution in [2.24, 2.45) is 0 Å². The monoisotopic (exact) mass is 351 g/mol. The van der Waals surface area contributed by atoms with Crippen LogP contribution >= 0.6 is 11.8 Å². The molecule has 0 spiro atoms. The molecule has 1 unspecified atom stereocenters. The lowest BCUT2D eigenvalue weighted by Gasteiger charge is -2.22. The number of nitrogens with zero attached hydrogens (tertiary/aromatic N) is 3. The van der Waals surface area contributed by atoms with Crippen LogP contribution in [-0.2, 0) is 11.2 Å². The minimum Gasteiger partial charge on any atom is -0.311 e. The fourth-order valence-electron chi connectivity index (χ4n) is 3.13. The Kier molecular flexibility index (Phi) is 4.82. The van der Waals surface area contributed by atoms with Crippen molar-refractivity contribution < 1.29 is 4.79 Å². The average Bonchev–Trinajstić information content (AvgIpc) is 3.03. The third-order valence-electron chi connectivity index (χ3n) is 4.86. The number of amides is 1. The van der Waals surface area contributed by atoms with Crippen LogP contribution in [0.1, 0.15) is 34.9 Å². The highest BCUT2D eigenvalue weighted by Gasteiger charge is 2.29. The van der Waals surface area contributed by atoms with Gasteiger partial charge >= 0.3 is 0 Å². The predicted molar refractivity (Wildman–Crippen MR) is 101 cm³/mol. The molecule has 0 fully saturated rings. The van der Waals surface area contributed by atoms with Crippen LogP contribution in [0.25, 0.3) is 0 Å². The Morgan fingerprint density at radius 1 is 1.28 bits per heavy atom. The maximum absolute atomic E-state index is 12.9. The molecule has 1 amide bonds. The molecule has 1 atom stereocenters. The number of para-hydroxylation sites is 1. The predicted octanol–water partition coefficient (Wildman–Crippen LogP) is 3.95. The number of hydrogen-bond donors (Lipinski definition) is 0. The van der Waals surface area contributed by atoms with E-state index in [9.17, 15) is 10.1 Å².